The number of hydrogen-bond donors (Lipinski definition) is 2. The smallest absolute Gasteiger partial charge is 0.247 e. The molecule has 1 aromatic carbocycles. The first-order valence-corrected chi connectivity index (χ1v) is 5.00. The number of hydroxylamine groups is 1. The van der Waals surface area contributed by atoms with Gasteiger partial charge in [0.1, 0.15) is 12.4 Å². The van der Waals surface area contributed by atoms with Crippen LogP contribution >= 0.6 is 11.6 Å². The fourth-order valence-corrected chi connectivity index (χ4v) is 1.40. The van der Waals surface area contributed by atoms with Crippen LogP contribution < -0.4 is 10.2 Å². The number of carbonyl (C=O) groups is 1. The zero-order chi connectivity index (χ0) is 12.0. The quantitative estimate of drug-likeness (QED) is 0.471. The van der Waals surface area contributed by atoms with Gasteiger partial charge < -0.3 is 4.74 Å². The van der Waals surface area contributed by atoms with E-state index >= 15 is 0 Å². The van der Waals surface area contributed by atoms with E-state index < -0.39 is 5.91 Å². The summed E-state index contributed by atoms with van der Waals surface area (Å²) in [5, 5.41) is 8.79. The first kappa shape index (κ1) is 12.5. The molecule has 0 atom stereocenters. The molecule has 0 aliphatic carbocycles. The molecule has 1 amide bonds. The van der Waals surface area contributed by atoms with Gasteiger partial charge in [-0.1, -0.05) is 30.3 Å². The fourth-order valence-electron chi connectivity index (χ4n) is 1.14. The Morgan fingerprint density at radius 2 is 2.38 bits per heavy atom. The van der Waals surface area contributed by atoms with Crippen LogP contribution in [0.2, 0.25) is 5.02 Å². The molecule has 5 heteroatoms. The number of benzene rings is 1. The minimum atomic E-state index is -0.490. The molecule has 0 aromatic heterocycles. The van der Waals surface area contributed by atoms with Crippen LogP contribution in [-0.4, -0.2) is 17.7 Å². The van der Waals surface area contributed by atoms with Gasteiger partial charge in [-0.15, -0.1) is 0 Å². The Labute approximate surface area is 98.4 Å². The van der Waals surface area contributed by atoms with Crippen molar-refractivity contribution in [3.05, 3.63) is 41.4 Å². The average Bonchev–Trinajstić information content (AvgIpc) is 2.28. The van der Waals surface area contributed by atoms with E-state index in [0.717, 1.165) is 0 Å². The number of ether oxygens (including phenoxy) is 1. The summed E-state index contributed by atoms with van der Waals surface area (Å²) in [5.41, 5.74) is 2.25. The third-order valence-corrected chi connectivity index (χ3v) is 2.14. The van der Waals surface area contributed by atoms with Crippen LogP contribution in [0.15, 0.2) is 30.9 Å². The summed E-state index contributed by atoms with van der Waals surface area (Å²) in [4.78, 5) is 10.9. The summed E-state index contributed by atoms with van der Waals surface area (Å²) in [6.07, 6.45) is 1.68. The maximum atomic E-state index is 10.9. The molecule has 0 saturated heterocycles. The van der Waals surface area contributed by atoms with Crippen molar-refractivity contribution in [1.29, 1.82) is 0 Å². The van der Waals surface area contributed by atoms with E-state index in [1.807, 2.05) is 0 Å². The second-order valence-electron chi connectivity index (χ2n) is 3.08. The molecule has 1 aromatic rings. The van der Waals surface area contributed by atoms with Crippen molar-refractivity contribution in [3.63, 3.8) is 0 Å². The molecular weight excluding hydrogens is 230 g/mol. The van der Waals surface area contributed by atoms with Gasteiger partial charge in [0, 0.05) is 0 Å². The molecule has 0 unspecified atom stereocenters. The van der Waals surface area contributed by atoms with E-state index in [4.69, 9.17) is 21.5 Å². The van der Waals surface area contributed by atoms with Crippen molar-refractivity contribution >= 4 is 17.5 Å². The van der Waals surface area contributed by atoms with Gasteiger partial charge in [-0.05, 0) is 17.7 Å². The highest BCUT2D eigenvalue weighted by Gasteiger charge is 2.06. The van der Waals surface area contributed by atoms with Gasteiger partial charge in [-0.25, -0.2) is 5.48 Å². The fraction of sp³-hybridized carbons (Fsp3) is 0.182. The van der Waals surface area contributed by atoms with Crippen molar-refractivity contribution in [2.45, 2.75) is 6.42 Å². The van der Waals surface area contributed by atoms with Gasteiger partial charge >= 0.3 is 0 Å². The lowest BCUT2D eigenvalue weighted by Crippen LogP contribution is -2.20. The monoisotopic (exact) mass is 241 g/mol. The molecule has 1 rings (SSSR count). The van der Waals surface area contributed by atoms with Crippen LogP contribution in [0.1, 0.15) is 5.56 Å². The van der Waals surface area contributed by atoms with Crippen molar-refractivity contribution < 1.29 is 14.7 Å². The lowest BCUT2D eigenvalue weighted by molar-refractivity contribution is -0.128. The Hall–Kier alpha value is -1.52. The second kappa shape index (κ2) is 6.15. The Kier molecular flexibility index (Phi) is 4.82. The molecule has 0 heterocycles. The predicted octanol–water partition coefficient (Wildman–Crippen LogP) is 1.95. The first-order valence-electron chi connectivity index (χ1n) is 4.62. The third-order valence-electron chi connectivity index (χ3n) is 1.84. The minimum absolute atomic E-state index is 0.0674. The number of halogens is 1. The van der Waals surface area contributed by atoms with Gasteiger partial charge in [0.15, 0.2) is 0 Å². The molecule has 0 aliphatic rings. The summed E-state index contributed by atoms with van der Waals surface area (Å²) in [5.74, 6) is 0.0468. The van der Waals surface area contributed by atoms with E-state index in [1.54, 1.807) is 29.8 Å². The lowest BCUT2D eigenvalue weighted by Gasteiger charge is -2.07. The zero-order valence-electron chi connectivity index (χ0n) is 8.57. The van der Waals surface area contributed by atoms with Crippen molar-refractivity contribution in [1.82, 2.24) is 5.48 Å². The summed E-state index contributed by atoms with van der Waals surface area (Å²) in [7, 11) is 0. The normalized spacial score (nSPS) is 9.62. The summed E-state index contributed by atoms with van der Waals surface area (Å²) >= 11 is 5.94. The van der Waals surface area contributed by atoms with E-state index in [9.17, 15) is 4.79 Å². The third kappa shape index (κ3) is 3.56. The molecular formula is C11H12ClNO3. The highest BCUT2D eigenvalue weighted by Crippen LogP contribution is 2.25. The molecule has 0 aliphatic heterocycles. The van der Waals surface area contributed by atoms with Crippen LogP contribution in [0.25, 0.3) is 0 Å². The van der Waals surface area contributed by atoms with Crippen LogP contribution in [0.3, 0.4) is 0 Å². The first-order chi connectivity index (χ1) is 7.67. The molecule has 0 saturated carbocycles. The van der Waals surface area contributed by atoms with Crippen LogP contribution in [0, 0.1) is 0 Å². The van der Waals surface area contributed by atoms with Gasteiger partial charge in [-0.2, -0.15) is 0 Å². The van der Waals surface area contributed by atoms with E-state index in [-0.39, 0.29) is 6.42 Å². The number of nitrogens with one attached hydrogen (secondary N) is 1. The SMILES string of the molecule is C=CCOc1ccc(CC(=O)NO)cc1Cl. The number of amides is 1. The second-order valence-corrected chi connectivity index (χ2v) is 3.48. The zero-order valence-corrected chi connectivity index (χ0v) is 9.33. The van der Waals surface area contributed by atoms with Crippen LogP contribution in [0.5, 0.6) is 5.75 Å². The predicted molar refractivity (Wildman–Crippen MR) is 60.8 cm³/mol. The average molecular weight is 242 g/mol. The highest BCUT2D eigenvalue weighted by molar-refractivity contribution is 6.32. The maximum Gasteiger partial charge on any atom is 0.247 e. The van der Waals surface area contributed by atoms with Gasteiger partial charge in [-0.3, -0.25) is 10.0 Å². The lowest BCUT2D eigenvalue weighted by atomic mass is 10.1. The molecule has 16 heavy (non-hydrogen) atoms. The minimum Gasteiger partial charge on any atom is -0.488 e. The number of rotatable bonds is 5. The summed E-state index contributed by atoms with van der Waals surface area (Å²) in [6.45, 7) is 3.90. The molecule has 86 valence electrons. The number of hydrogen-bond acceptors (Lipinski definition) is 3. The topological polar surface area (TPSA) is 58.6 Å². The Morgan fingerprint density at radius 3 is 2.94 bits per heavy atom. The van der Waals surface area contributed by atoms with Gasteiger partial charge in [0.2, 0.25) is 5.91 Å². The molecule has 2 N–H and O–H groups in total. The van der Waals surface area contributed by atoms with E-state index in [2.05, 4.69) is 6.58 Å². The molecule has 0 radical (unpaired) electrons. The van der Waals surface area contributed by atoms with Crippen molar-refractivity contribution in [2.24, 2.45) is 0 Å². The Bertz CT molecular complexity index is 393. The molecule has 0 fully saturated rings. The standard InChI is InChI=1S/C11H12ClNO3/c1-2-5-16-10-4-3-8(6-9(10)12)7-11(14)13-15/h2-4,6,15H,1,5,7H2,(H,13,14). The highest BCUT2D eigenvalue weighted by atomic mass is 35.5. The van der Waals surface area contributed by atoms with Gasteiger partial charge in [0.25, 0.3) is 0 Å². The van der Waals surface area contributed by atoms with E-state index in [0.29, 0.717) is 22.9 Å². The van der Waals surface area contributed by atoms with Crippen LogP contribution in [0.4, 0.5) is 0 Å². The summed E-state index contributed by atoms with van der Waals surface area (Å²) in [6, 6.07) is 5.00. The largest absolute Gasteiger partial charge is 0.488 e. The maximum absolute atomic E-state index is 10.9. The Morgan fingerprint density at radius 1 is 1.62 bits per heavy atom. The van der Waals surface area contributed by atoms with Crippen LogP contribution in [-0.2, 0) is 11.2 Å². The van der Waals surface area contributed by atoms with E-state index in [1.165, 1.54) is 0 Å². The van der Waals surface area contributed by atoms with Gasteiger partial charge in [0.05, 0.1) is 11.4 Å². The van der Waals surface area contributed by atoms with Crippen molar-refractivity contribution in [2.75, 3.05) is 6.61 Å². The molecule has 4 nitrogen and oxygen atoms in total. The number of carbonyl (C=O) groups excluding carboxylic acids is 1. The summed E-state index contributed by atoms with van der Waals surface area (Å²) < 4.78 is 5.27. The van der Waals surface area contributed by atoms with Crippen molar-refractivity contribution in [3.8, 4) is 5.75 Å². The molecule has 0 spiro atoms. The Balaban J connectivity index is 2.74. The molecule has 0 bridgehead atoms.